The van der Waals surface area contributed by atoms with E-state index >= 15 is 0 Å². The van der Waals surface area contributed by atoms with Crippen molar-refractivity contribution < 1.29 is 14.7 Å². The Balaban J connectivity index is 1.96. The van der Waals surface area contributed by atoms with Crippen molar-refractivity contribution in [2.75, 3.05) is 5.01 Å². The molecule has 1 N–H and O–H groups in total. The summed E-state index contributed by atoms with van der Waals surface area (Å²) in [6, 6.07) is 16.4. The van der Waals surface area contributed by atoms with Gasteiger partial charge in [0.05, 0.1) is 23.4 Å². The smallest absolute Gasteiger partial charge is 0.307 e. The highest BCUT2D eigenvalue weighted by Crippen LogP contribution is 2.25. The predicted octanol–water partition coefficient (Wildman–Crippen LogP) is 3.12. The van der Waals surface area contributed by atoms with Gasteiger partial charge in [-0.05, 0) is 36.3 Å². The zero-order valence-electron chi connectivity index (χ0n) is 13.1. The quantitative estimate of drug-likeness (QED) is 0.880. The molecule has 0 saturated carbocycles. The van der Waals surface area contributed by atoms with Crippen LogP contribution in [0.15, 0.2) is 65.3 Å². The van der Waals surface area contributed by atoms with Crippen LogP contribution >= 0.6 is 0 Å². The minimum Gasteiger partial charge on any atom is -0.481 e. The monoisotopic (exact) mass is 320 g/mol. The normalized spacial score (nSPS) is 15.7. The number of aliphatic carboxylic acids is 1. The fraction of sp³-hybridized carbons (Fsp3) is 0.105. The van der Waals surface area contributed by atoms with E-state index in [0.29, 0.717) is 28.1 Å². The molecule has 0 radical (unpaired) electrons. The second-order valence-electron chi connectivity index (χ2n) is 5.47. The van der Waals surface area contributed by atoms with Gasteiger partial charge in [-0.25, -0.2) is 0 Å². The first-order chi connectivity index (χ1) is 11.6. The Kier molecular flexibility index (Phi) is 4.24. The van der Waals surface area contributed by atoms with Crippen molar-refractivity contribution in [2.24, 2.45) is 5.10 Å². The minimum atomic E-state index is -0.908. The number of anilines is 1. The number of carboxylic acid groups (broad SMARTS) is 1. The van der Waals surface area contributed by atoms with Gasteiger partial charge in [-0.3, -0.25) is 9.59 Å². The van der Waals surface area contributed by atoms with E-state index < -0.39 is 5.97 Å². The number of nitrogens with zero attached hydrogens (tertiary/aromatic N) is 2. The van der Waals surface area contributed by atoms with Crippen LogP contribution in [0.25, 0.3) is 6.08 Å². The maximum absolute atomic E-state index is 12.7. The van der Waals surface area contributed by atoms with E-state index in [9.17, 15) is 9.59 Å². The molecule has 0 bridgehead atoms. The first-order valence-electron chi connectivity index (χ1n) is 7.53. The Labute approximate surface area is 139 Å². The SMILES string of the molecule is CC1=NN(c2ccccc2)C(=O)/C1=C/c1ccccc1CC(=O)O. The third-order valence-electron chi connectivity index (χ3n) is 3.76. The van der Waals surface area contributed by atoms with Crippen LogP contribution in [0.1, 0.15) is 18.1 Å². The zero-order valence-corrected chi connectivity index (χ0v) is 13.1. The average molecular weight is 320 g/mol. The van der Waals surface area contributed by atoms with Crippen molar-refractivity contribution in [3.63, 3.8) is 0 Å². The van der Waals surface area contributed by atoms with Crippen LogP contribution in [-0.4, -0.2) is 22.7 Å². The summed E-state index contributed by atoms with van der Waals surface area (Å²) in [5.74, 6) is -1.13. The molecule has 1 aliphatic heterocycles. The summed E-state index contributed by atoms with van der Waals surface area (Å²) in [6.45, 7) is 1.77. The molecule has 0 spiro atoms. The molecule has 0 atom stereocenters. The largest absolute Gasteiger partial charge is 0.481 e. The highest BCUT2D eigenvalue weighted by atomic mass is 16.4. The lowest BCUT2D eigenvalue weighted by molar-refractivity contribution is -0.136. The molecule has 2 aromatic carbocycles. The van der Waals surface area contributed by atoms with E-state index in [-0.39, 0.29) is 12.3 Å². The van der Waals surface area contributed by atoms with Crippen LogP contribution in [0.4, 0.5) is 5.69 Å². The molecule has 1 heterocycles. The van der Waals surface area contributed by atoms with Crippen molar-refractivity contribution in [3.05, 3.63) is 71.3 Å². The Hall–Kier alpha value is -3.21. The molecule has 2 aromatic rings. The van der Waals surface area contributed by atoms with E-state index in [1.165, 1.54) is 5.01 Å². The van der Waals surface area contributed by atoms with E-state index in [4.69, 9.17) is 5.11 Å². The average Bonchev–Trinajstić information content (AvgIpc) is 2.85. The molecule has 0 saturated heterocycles. The first kappa shape index (κ1) is 15.7. The van der Waals surface area contributed by atoms with Crippen LogP contribution in [0.5, 0.6) is 0 Å². The molecule has 3 rings (SSSR count). The Morgan fingerprint density at radius 2 is 1.79 bits per heavy atom. The lowest BCUT2D eigenvalue weighted by Crippen LogP contribution is -2.21. The number of hydrazone groups is 1. The van der Waals surface area contributed by atoms with Crippen LogP contribution in [-0.2, 0) is 16.0 Å². The van der Waals surface area contributed by atoms with Crippen molar-refractivity contribution >= 4 is 29.4 Å². The maximum Gasteiger partial charge on any atom is 0.307 e. The summed E-state index contributed by atoms with van der Waals surface area (Å²) in [4.78, 5) is 23.7. The second-order valence-corrected chi connectivity index (χ2v) is 5.47. The molecular weight excluding hydrogens is 304 g/mol. The zero-order chi connectivity index (χ0) is 17.1. The number of hydrogen-bond acceptors (Lipinski definition) is 3. The summed E-state index contributed by atoms with van der Waals surface area (Å²) < 4.78 is 0. The summed E-state index contributed by atoms with van der Waals surface area (Å²) in [5, 5.41) is 14.7. The van der Waals surface area contributed by atoms with Gasteiger partial charge >= 0.3 is 5.97 Å². The van der Waals surface area contributed by atoms with E-state index in [2.05, 4.69) is 5.10 Å². The highest BCUT2D eigenvalue weighted by molar-refractivity contribution is 6.32. The van der Waals surface area contributed by atoms with Crippen LogP contribution in [0.2, 0.25) is 0 Å². The van der Waals surface area contributed by atoms with E-state index in [1.54, 1.807) is 31.2 Å². The fourth-order valence-electron chi connectivity index (χ4n) is 2.58. The summed E-state index contributed by atoms with van der Waals surface area (Å²) in [5.41, 5.74) is 3.15. The standard InChI is InChI=1S/C19H16N2O3/c1-13-17(11-14-7-5-6-8-15(14)12-18(22)23)19(24)21(20-13)16-9-3-2-4-10-16/h2-11H,12H2,1H3,(H,22,23)/b17-11+. The molecule has 1 amide bonds. The fourth-order valence-corrected chi connectivity index (χ4v) is 2.58. The Bertz CT molecular complexity index is 854. The summed E-state index contributed by atoms with van der Waals surface area (Å²) in [7, 11) is 0. The van der Waals surface area contributed by atoms with Crippen LogP contribution in [0, 0.1) is 0 Å². The van der Waals surface area contributed by atoms with Gasteiger partial charge < -0.3 is 5.11 Å². The van der Waals surface area contributed by atoms with Gasteiger partial charge in [0.25, 0.3) is 5.91 Å². The van der Waals surface area contributed by atoms with Crippen LogP contribution < -0.4 is 5.01 Å². The van der Waals surface area contributed by atoms with Gasteiger partial charge in [-0.2, -0.15) is 10.1 Å². The van der Waals surface area contributed by atoms with E-state index in [1.807, 2.05) is 36.4 Å². The molecule has 120 valence electrons. The molecule has 24 heavy (non-hydrogen) atoms. The number of hydrogen-bond donors (Lipinski definition) is 1. The van der Waals surface area contributed by atoms with Gasteiger partial charge in [-0.1, -0.05) is 42.5 Å². The van der Waals surface area contributed by atoms with E-state index in [0.717, 1.165) is 0 Å². The van der Waals surface area contributed by atoms with Crippen molar-refractivity contribution in [3.8, 4) is 0 Å². The lowest BCUT2D eigenvalue weighted by atomic mass is 10.0. The minimum absolute atomic E-state index is 0.0905. The molecule has 0 aromatic heterocycles. The van der Waals surface area contributed by atoms with Gasteiger partial charge in [-0.15, -0.1) is 0 Å². The molecule has 5 heteroatoms. The van der Waals surface area contributed by atoms with Gasteiger partial charge in [0.15, 0.2) is 0 Å². The van der Waals surface area contributed by atoms with Crippen molar-refractivity contribution in [1.82, 2.24) is 0 Å². The number of amides is 1. The molecule has 0 aliphatic carbocycles. The Morgan fingerprint density at radius 3 is 2.50 bits per heavy atom. The van der Waals surface area contributed by atoms with Crippen molar-refractivity contribution in [2.45, 2.75) is 13.3 Å². The van der Waals surface area contributed by atoms with Gasteiger partial charge in [0, 0.05) is 0 Å². The third kappa shape index (κ3) is 3.10. The summed E-state index contributed by atoms with van der Waals surface area (Å²) >= 11 is 0. The lowest BCUT2D eigenvalue weighted by Gasteiger charge is -2.11. The molecule has 1 aliphatic rings. The molecule has 0 unspecified atom stereocenters. The van der Waals surface area contributed by atoms with Crippen molar-refractivity contribution in [1.29, 1.82) is 0 Å². The van der Waals surface area contributed by atoms with Gasteiger partial charge in [0.1, 0.15) is 0 Å². The number of benzene rings is 2. The maximum atomic E-state index is 12.7. The number of carbonyl (C=O) groups excluding carboxylic acids is 1. The highest BCUT2D eigenvalue weighted by Gasteiger charge is 2.28. The van der Waals surface area contributed by atoms with Crippen LogP contribution in [0.3, 0.4) is 0 Å². The number of para-hydroxylation sites is 1. The summed E-state index contributed by atoms with van der Waals surface area (Å²) in [6.07, 6.45) is 1.62. The molecule has 0 fully saturated rings. The number of rotatable bonds is 4. The number of carbonyl (C=O) groups is 2. The van der Waals surface area contributed by atoms with Gasteiger partial charge in [0.2, 0.25) is 0 Å². The molecular formula is C19H16N2O3. The topological polar surface area (TPSA) is 70.0 Å². The second kappa shape index (κ2) is 6.50. The predicted molar refractivity (Wildman–Crippen MR) is 92.8 cm³/mol. The number of carboxylic acids is 1. The third-order valence-corrected chi connectivity index (χ3v) is 3.76. The Morgan fingerprint density at radius 1 is 1.12 bits per heavy atom. The molecule has 5 nitrogen and oxygen atoms in total. The first-order valence-corrected chi connectivity index (χ1v) is 7.53.